The van der Waals surface area contributed by atoms with Crippen molar-refractivity contribution in [1.82, 2.24) is 14.7 Å². The van der Waals surface area contributed by atoms with E-state index in [1.54, 1.807) is 17.0 Å². The standard InChI is InChI=1S/C21H28N4O8S/c26-18(27)11-23(6-5-16-1-3-17(4-2-16)22-15-34)7-8-24(12-19(28)29)9-10-25(13-20(30)31)14-21(32)33/h1-4H,5-14H2,(H,26,27)(H,28,29)(H,30,31)(H,32,33). The van der Waals surface area contributed by atoms with Crippen molar-refractivity contribution in [1.29, 1.82) is 0 Å². The van der Waals surface area contributed by atoms with Crippen molar-refractivity contribution in [3.63, 3.8) is 0 Å². The molecule has 0 unspecified atom stereocenters. The Balaban J connectivity index is 2.73. The highest BCUT2D eigenvalue weighted by molar-refractivity contribution is 7.78. The van der Waals surface area contributed by atoms with Crippen molar-refractivity contribution in [2.45, 2.75) is 6.42 Å². The van der Waals surface area contributed by atoms with Gasteiger partial charge in [0.05, 0.1) is 37.0 Å². The number of rotatable bonds is 18. The lowest BCUT2D eigenvalue weighted by Gasteiger charge is -2.27. The molecule has 0 aliphatic carbocycles. The Morgan fingerprint density at radius 3 is 1.47 bits per heavy atom. The zero-order valence-corrected chi connectivity index (χ0v) is 19.3. The summed E-state index contributed by atoms with van der Waals surface area (Å²) in [7, 11) is 0. The molecule has 0 fully saturated rings. The number of carboxylic acids is 4. The first kappa shape index (κ1) is 28.8. The number of carboxylic acid groups (broad SMARTS) is 4. The van der Waals surface area contributed by atoms with E-state index in [9.17, 15) is 29.4 Å². The van der Waals surface area contributed by atoms with Crippen LogP contribution >= 0.6 is 12.2 Å². The summed E-state index contributed by atoms with van der Waals surface area (Å²) in [6, 6.07) is 7.23. The molecule has 186 valence electrons. The molecule has 1 rings (SSSR count). The molecular formula is C21H28N4O8S. The van der Waals surface area contributed by atoms with Crippen LogP contribution < -0.4 is 0 Å². The minimum Gasteiger partial charge on any atom is -0.480 e. The van der Waals surface area contributed by atoms with Gasteiger partial charge in [0.25, 0.3) is 0 Å². The predicted molar refractivity (Wildman–Crippen MR) is 125 cm³/mol. The van der Waals surface area contributed by atoms with Crippen molar-refractivity contribution in [2.24, 2.45) is 4.99 Å². The summed E-state index contributed by atoms with van der Waals surface area (Å²) in [6.07, 6.45) is 0.554. The molecule has 0 amide bonds. The van der Waals surface area contributed by atoms with Crippen molar-refractivity contribution in [3.8, 4) is 0 Å². The molecule has 0 heterocycles. The van der Waals surface area contributed by atoms with Gasteiger partial charge in [0.1, 0.15) is 0 Å². The summed E-state index contributed by atoms with van der Waals surface area (Å²) in [4.78, 5) is 52.7. The Morgan fingerprint density at radius 1 is 0.676 bits per heavy atom. The number of hydrogen-bond donors (Lipinski definition) is 4. The molecule has 4 N–H and O–H groups in total. The molecule has 0 bridgehead atoms. The zero-order valence-electron chi connectivity index (χ0n) is 18.5. The first-order valence-corrected chi connectivity index (χ1v) is 10.7. The van der Waals surface area contributed by atoms with E-state index in [0.717, 1.165) is 5.56 Å². The second-order valence-electron chi connectivity index (χ2n) is 7.46. The highest BCUT2D eigenvalue weighted by atomic mass is 32.1. The van der Waals surface area contributed by atoms with Gasteiger partial charge in [0, 0.05) is 32.7 Å². The lowest BCUT2D eigenvalue weighted by molar-refractivity contribution is -0.143. The third-order valence-corrected chi connectivity index (χ3v) is 4.82. The molecule has 12 nitrogen and oxygen atoms in total. The number of carbonyl (C=O) groups is 4. The fraction of sp³-hybridized carbons (Fsp3) is 0.476. The van der Waals surface area contributed by atoms with E-state index in [4.69, 9.17) is 10.2 Å². The maximum atomic E-state index is 11.3. The second kappa shape index (κ2) is 15.6. The second-order valence-corrected chi connectivity index (χ2v) is 7.64. The van der Waals surface area contributed by atoms with Crippen LogP contribution in [0.3, 0.4) is 0 Å². The fourth-order valence-electron chi connectivity index (χ4n) is 3.16. The van der Waals surface area contributed by atoms with E-state index in [1.807, 2.05) is 12.1 Å². The molecule has 0 saturated carbocycles. The summed E-state index contributed by atoms with van der Waals surface area (Å²) < 4.78 is 0. The average molecular weight is 497 g/mol. The predicted octanol–water partition coefficient (Wildman–Crippen LogP) is 0.208. The highest BCUT2D eigenvalue weighted by Gasteiger charge is 2.18. The number of nitrogens with zero attached hydrogens (tertiary/aromatic N) is 4. The van der Waals surface area contributed by atoms with Crippen LogP contribution in [-0.2, 0) is 25.6 Å². The van der Waals surface area contributed by atoms with Gasteiger partial charge in [-0.3, -0.25) is 33.9 Å². The molecule has 13 heteroatoms. The maximum Gasteiger partial charge on any atom is 0.317 e. The molecule has 0 atom stereocenters. The van der Waals surface area contributed by atoms with Crippen LogP contribution in [0.25, 0.3) is 0 Å². The van der Waals surface area contributed by atoms with E-state index in [2.05, 4.69) is 22.4 Å². The largest absolute Gasteiger partial charge is 0.480 e. The number of thiocarbonyl (C=S) groups is 1. The summed E-state index contributed by atoms with van der Waals surface area (Å²) >= 11 is 4.56. The third kappa shape index (κ3) is 13.4. The van der Waals surface area contributed by atoms with Gasteiger partial charge in [0.2, 0.25) is 0 Å². The molecule has 0 saturated heterocycles. The van der Waals surface area contributed by atoms with Gasteiger partial charge in [0.15, 0.2) is 0 Å². The Bertz CT molecular complexity index is 873. The Morgan fingerprint density at radius 2 is 1.06 bits per heavy atom. The third-order valence-electron chi connectivity index (χ3n) is 4.73. The highest BCUT2D eigenvalue weighted by Crippen LogP contribution is 2.13. The summed E-state index contributed by atoms with van der Waals surface area (Å²) in [5.74, 6) is -4.52. The molecule has 1 aromatic carbocycles. The van der Waals surface area contributed by atoms with Crippen LogP contribution in [0, 0.1) is 0 Å². The quantitative estimate of drug-likeness (QED) is 0.161. The molecule has 0 aliphatic rings. The normalized spacial score (nSPS) is 10.9. The average Bonchev–Trinajstić information content (AvgIpc) is 2.73. The lowest BCUT2D eigenvalue weighted by atomic mass is 10.1. The van der Waals surface area contributed by atoms with Crippen molar-refractivity contribution in [2.75, 3.05) is 58.9 Å². The number of aliphatic carboxylic acids is 4. The molecule has 1 aromatic rings. The van der Waals surface area contributed by atoms with Gasteiger partial charge in [-0.25, -0.2) is 0 Å². The van der Waals surface area contributed by atoms with E-state index >= 15 is 0 Å². The Labute approximate surface area is 201 Å². The molecule has 0 aromatic heterocycles. The van der Waals surface area contributed by atoms with Gasteiger partial charge >= 0.3 is 23.9 Å². The lowest BCUT2D eigenvalue weighted by Crippen LogP contribution is -2.45. The van der Waals surface area contributed by atoms with Crippen molar-refractivity contribution in [3.05, 3.63) is 29.8 Å². The minimum atomic E-state index is -1.19. The van der Waals surface area contributed by atoms with Crippen molar-refractivity contribution >= 4 is 46.9 Å². The van der Waals surface area contributed by atoms with E-state index < -0.39 is 37.0 Å². The van der Waals surface area contributed by atoms with Gasteiger partial charge < -0.3 is 20.4 Å². The fourth-order valence-corrected chi connectivity index (χ4v) is 3.27. The summed E-state index contributed by atoms with van der Waals surface area (Å²) in [5, 5.41) is 38.6. The van der Waals surface area contributed by atoms with E-state index in [1.165, 1.54) is 9.80 Å². The monoisotopic (exact) mass is 496 g/mol. The van der Waals surface area contributed by atoms with Gasteiger partial charge in [-0.05, 0) is 36.3 Å². The van der Waals surface area contributed by atoms with Crippen LogP contribution in [0.4, 0.5) is 5.69 Å². The van der Waals surface area contributed by atoms with Crippen molar-refractivity contribution < 1.29 is 39.6 Å². The number of isothiocyanates is 1. The topological polar surface area (TPSA) is 171 Å². The van der Waals surface area contributed by atoms with Gasteiger partial charge in [-0.1, -0.05) is 12.1 Å². The number of benzene rings is 1. The number of hydrogen-bond acceptors (Lipinski definition) is 9. The SMILES string of the molecule is O=C(O)CN(CCc1ccc(N=C=S)cc1)CCN(CCN(CC(=O)O)CC(=O)O)CC(=O)O. The Kier molecular flexibility index (Phi) is 13.2. The molecule has 0 radical (unpaired) electrons. The molecule has 34 heavy (non-hydrogen) atoms. The first-order chi connectivity index (χ1) is 16.1. The van der Waals surface area contributed by atoms with Crippen LogP contribution in [0.2, 0.25) is 0 Å². The van der Waals surface area contributed by atoms with Crippen LogP contribution in [-0.4, -0.2) is 123 Å². The smallest absolute Gasteiger partial charge is 0.317 e. The van der Waals surface area contributed by atoms with Gasteiger partial charge in [-0.15, -0.1) is 0 Å². The molecule has 0 spiro atoms. The molecule has 0 aliphatic heterocycles. The van der Waals surface area contributed by atoms with Crippen LogP contribution in [0.1, 0.15) is 5.56 Å². The maximum absolute atomic E-state index is 11.3. The summed E-state index contributed by atoms with van der Waals surface area (Å²) in [5.41, 5.74) is 1.62. The summed E-state index contributed by atoms with van der Waals surface area (Å²) in [6.45, 7) is -0.570. The Hall–Kier alpha value is -3.22. The van der Waals surface area contributed by atoms with Crippen LogP contribution in [0.5, 0.6) is 0 Å². The van der Waals surface area contributed by atoms with Crippen LogP contribution in [0.15, 0.2) is 29.3 Å². The zero-order chi connectivity index (χ0) is 25.5. The van der Waals surface area contributed by atoms with E-state index in [0.29, 0.717) is 18.7 Å². The van der Waals surface area contributed by atoms with Gasteiger partial charge in [-0.2, -0.15) is 4.99 Å². The van der Waals surface area contributed by atoms with E-state index in [-0.39, 0.29) is 39.3 Å². The molecular weight excluding hydrogens is 468 g/mol. The number of aliphatic imine (C=N–C) groups is 1. The first-order valence-electron chi connectivity index (χ1n) is 10.3. The minimum absolute atomic E-state index is 0.0291.